The minimum Gasteiger partial charge on any atom is -0.306 e. The van der Waals surface area contributed by atoms with Crippen LogP contribution in [0.25, 0.3) is 0 Å². The van der Waals surface area contributed by atoms with Crippen LogP contribution in [0.2, 0.25) is 0 Å². The molecule has 1 nitrogen and oxygen atoms in total. The lowest BCUT2D eigenvalue weighted by molar-refractivity contribution is 0.549. The molecule has 0 spiro atoms. The Morgan fingerprint density at radius 2 is 2.05 bits per heavy atom. The van der Waals surface area contributed by atoms with Gasteiger partial charge >= 0.3 is 0 Å². The normalized spacial score (nSPS) is 12.6. The largest absolute Gasteiger partial charge is 0.306 e. The summed E-state index contributed by atoms with van der Waals surface area (Å²) in [5, 5.41) is 5.60. The van der Waals surface area contributed by atoms with Gasteiger partial charge in [0.2, 0.25) is 0 Å². The number of thiophene rings is 1. The Hall–Kier alpha value is -1.19. The van der Waals surface area contributed by atoms with Crippen LogP contribution < -0.4 is 5.32 Å². The fourth-order valence-corrected chi connectivity index (χ4v) is 3.50. The number of hydrogen-bond acceptors (Lipinski definition) is 2. The molecule has 1 aromatic heterocycles. The van der Waals surface area contributed by atoms with E-state index in [0.29, 0.717) is 0 Å². The Bertz CT molecular complexity index is 562. The van der Waals surface area contributed by atoms with Gasteiger partial charge in [0.15, 0.2) is 0 Å². The van der Waals surface area contributed by atoms with Crippen LogP contribution in [-0.4, -0.2) is 6.54 Å². The summed E-state index contributed by atoms with van der Waals surface area (Å²) in [4.78, 5) is 1.24. The molecule has 2 rings (SSSR count). The minimum atomic E-state index is -0.125. The summed E-state index contributed by atoms with van der Waals surface area (Å²) in [6, 6.07) is 7.47. The van der Waals surface area contributed by atoms with Crippen molar-refractivity contribution in [1.82, 2.24) is 5.32 Å². The maximum atomic E-state index is 14.2. The van der Waals surface area contributed by atoms with Gasteiger partial charge in [0.25, 0.3) is 0 Å². The second-order valence-corrected chi connectivity index (χ2v) is 6.02. The van der Waals surface area contributed by atoms with Gasteiger partial charge in [-0.1, -0.05) is 31.5 Å². The van der Waals surface area contributed by atoms with Crippen molar-refractivity contribution >= 4 is 11.3 Å². The number of aryl methyl sites for hydroxylation is 2. The number of halogens is 1. The molecule has 0 aliphatic carbocycles. The van der Waals surface area contributed by atoms with E-state index in [9.17, 15) is 4.39 Å². The minimum absolute atomic E-state index is 0.0372. The van der Waals surface area contributed by atoms with E-state index >= 15 is 0 Å². The quantitative estimate of drug-likeness (QED) is 0.802. The summed E-state index contributed by atoms with van der Waals surface area (Å²) in [5.41, 5.74) is 3.17. The van der Waals surface area contributed by atoms with Gasteiger partial charge in [0, 0.05) is 10.4 Å². The molecule has 0 amide bonds. The fraction of sp³-hybridized carbons (Fsp3) is 0.412. The van der Waals surface area contributed by atoms with Gasteiger partial charge in [0.05, 0.1) is 6.04 Å². The van der Waals surface area contributed by atoms with Crippen LogP contribution in [0.3, 0.4) is 0 Å². The molecule has 0 saturated carbocycles. The van der Waals surface area contributed by atoms with E-state index in [4.69, 9.17) is 0 Å². The molecule has 0 bridgehead atoms. The summed E-state index contributed by atoms with van der Waals surface area (Å²) in [7, 11) is 0. The third-order valence-corrected chi connectivity index (χ3v) is 4.51. The monoisotopic (exact) mass is 291 g/mol. The molecule has 0 fully saturated rings. The Morgan fingerprint density at radius 1 is 1.25 bits per heavy atom. The number of benzene rings is 1. The highest BCUT2D eigenvalue weighted by Gasteiger charge is 2.21. The van der Waals surface area contributed by atoms with Gasteiger partial charge in [-0.3, -0.25) is 0 Å². The average molecular weight is 291 g/mol. The van der Waals surface area contributed by atoms with Crippen molar-refractivity contribution in [2.24, 2.45) is 0 Å². The first-order chi connectivity index (χ1) is 9.67. The van der Waals surface area contributed by atoms with Crippen LogP contribution in [0, 0.1) is 12.7 Å². The Balaban J connectivity index is 2.44. The van der Waals surface area contributed by atoms with Crippen molar-refractivity contribution in [2.45, 2.75) is 39.7 Å². The first-order valence-electron chi connectivity index (χ1n) is 7.23. The molecule has 1 heterocycles. The van der Waals surface area contributed by atoms with Gasteiger partial charge in [-0.05, 0) is 49.4 Å². The van der Waals surface area contributed by atoms with Crippen molar-refractivity contribution < 1.29 is 4.39 Å². The molecular formula is C17H22FNS. The van der Waals surface area contributed by atoms with E-state index in [-0.39, 0.29) is 11.9 Å². The lowest BCUT2D eigenvalue weighted by Crippen LogP contribution is -2.24. The molecule has 1 aromatic carbocycles. The van der Waals surface area contributed by atoms with Gasteiger partial charge in [-0.25, -0.2) is 4.39 Å². The molecule has 3 heteroatoms. The number of hydrogen-bond donors (Lipinski definition) is 1. The Kier molecular flexibility index (Phi) is 5.32. The van der Waals surface area contributed by atoms with Crippen molar-refractivity contribution in [3.05, 3.63) is 57.0 Å². The van der Waals surface area contributed by atoms with Crippen molar-refractivity contribution in [3.63, 3.8) is 0 Å². The van der Waals surface area contributed by atoms with E-state index in [2.05, 4.69) is 30.6 Å². The second kappa shape index (κ2) is 7.00. The zero-order valence-electron chi connectivity index (χ0n) is 12.4. The molecule has 0 radical (unpaired) electrons. The lowest BCUT2D eigenvalue weighted by Gasteiger charge is -2.20. The fourth-order valence-electron chi connectivity index (χ4n) is 2.41. The van der Waals surface area contributed by atoms with Crippen molar-refractivity contribution in [2.75, 3.05) is 6.54 Å². The molecule has 0 aliphatic rings. The summed E-state index contributed by atoms with van der Waals surface area (Å²) >= 11 is 1.71. The number of nitrogens with one attached hydrogen (secondary N) is 1. The highest BCUT2D eigenvalue weighted by atomic mass is 32.1. The zero-order valence-corrected chi connectivity index (χ0v) is 13.2. The van der Waals surface area contributed by atoms with Crippen LogP contribution in [0.5, 0.6) is 0 Å². The van der Waals surface area contributed by atoms with Crippen LogP contribution in [0.15, 0.2) is 29.6 Å². The first kappa shape index (κ1) is 15.2. The molecule has 20 heavy (non-hydrogen) atoms. The first-order valence-corrected chi connectivity index (χ1v) is 8.11. The molecule has 2 aromatic rings. The third kappa shape index (κ3) is 3.28. The highest BCUT2D eigenvalue weighted by Crippen LogP contribution is 2.32. The third-order valence-electron chi connectivity index (χ3n) is 3.48. The number of rotatable bonds is 6. The van der Waals surface area contributed by atoms with Gasteiger partial charge in [-0.2, -0.15) is 0 Å². The van der Waals surface area contributed by atoms with Crippen LogP contribution >= 0.6 is 11.3 Å². The maximum Gasteiger partial charge on any atom is 0.128 e. The second-order valence-electron chi connectivity index (χ2n) is 5.08. The van der Waals surface area contributed by atoms with Crippen LogP contribution in [-0.2, 0) is 6.42 Å². The Labute approximate surface area is 124 Å². The molecule has 1 atom stereocenters. The molecule has 108 valence electrons. The molecule has 1 N–H and O–H groups in total. The van der Waals surface area contributed by atoms with E-state index in [1.54, 1.807) is 17.4 Å². The average Bonchev–Trinajstić information content (AvgIpc) is 2.91. The van der Waals surface area contributed by atoms with Crippen molar-refractivity contribution in [1.29, 1.82) is 0 Å². The summed E-state index contributed by atoms with van der Waals surface area (Å²) in [5.74, 6) is -0.125. The zero-order chi connectivity index (χ0) is 14.5. The van der Waals surface area contributed by atoms with E-state index in [0.717, 1.165) is 30.5 Å². The summed E-state index contributed by atoms with van der Waals surface area (Å²) < 4.78 is 14.2. The Morgan fingerprint density at radius 3 is 2.75 bits per heavy atom. The lowest BCUT2D eigenvalue weighted by atomic mass is 9.99. The smallest absolute Gasteiger partial charge is 0.128 e. The predicted octanol–water partition coefficient (Wildman–Crippen LogP) is 4.85. The van der Waals surface area contributed by atoms with E-state index < -0.39 is 0 Å². The standard InChI is InChI=1S/C17H22FNS/c1-4-9-19-16(17-13(5-2)8-10-20-17)14-11-12(3)6-7-15(14)18/h6-8,10-11,16,19H,4-5,9H2,1-3H3. The van der Waals surface area contributed by atoms with E-state index in [1.165, 1.54) is 10.4 Å². The highest BCUT2D eigenvalue weighted by molar-refractivity contribution is 7.10. The summed E-state index contributed by atoms with van der Waals surface area (Å²) in [6.45, 7) is 7.18. The molecular weight excluding hydrogens is 269 g/mol. The van der Waals surface area contributed by atoms with Gasteiger partial charge in [0.1, 0.15) is 5.82 Å². The van der Waals surface area contributed by atoms with E-state index in [1.807, 2.05) is 19.1 Å². The molecule has 0 aliphatic heterocycles. The summed E-state index contributed by atoms with van der Waals surface area (Å²) in [6.07, 6.45) is 2.02. The molecule has 0 saturated heterocycles. The SMILES string of the molecule is CCCNC(c1cc(C)ccc1F)c1sccc1CC. The van der Waals surface area contributed by atoms with Gasteiger partial charge < -0.3 is 5.32 Å². The molecule has 1 unspecified atom stereocenters. The van der Waals surface area contributed by atoms with Crippen LogP contribution in [0.1, 0.15) is 47.9 Å². The van der Waals surface area contributed by atoms with Crippen molar-refractivity contribution in [3.8, 4) is 0 Å². The topological polar surface area (TPSA) is 12.0 Å². The predicted molar refractivity (Wildman–Crippen MR) is 85.0 cm³/mol. The maximum absolute atomic E-state index is 14.2. The van der Waals surface area contributed by atoms with Crippen LogP contribution in [0.4, 0.5) is 4.39 Å². The van der Waals surface area contributed by atoms with Gasteiger partial charge in [-0.15, -0.1) is 11.3 Å².